The highest BCUT2D eigenvalue weighted by atomic mass is 16.1. The highest BCUT2D eigenvalue weighted by molar-refractivity contribution is 5.90. The molecule has 94 valence electrons. The molecule has 17 heavy (non-hydrogen) atoms. The van der Waals surface area contributed by atoms with E-state index < -0.39 is 5.54 Å². The molecule has 0 bridgehead atoms. The van der Waals surface area contributed by atoms with E-state index in [1.54, 1.807) is 6.20 Å². The van der Waals surface area contributed by atoms with Crippen LogP contribution in [0.1, 0.15) is 44.6 Å². The zero-order valence-corrected chi connectivity index (χ0v) is 10.5. The van der Waals surface area contributed by atoms with Gasteiger partial charge in [0.15, 0.2) is 5.78 Å². The van der Waals surface area contributed by atoms with Crippen molar-refractivity contribution >= 4 is 5.78 Å². The van der Waals surface area contributed by atoms with Gasteiger partial charge in [0.1, 0.15) is 0 Å². The second-order valence-corrected chi connectivity index (χ2v) is 5.02. The van der Waals surface area contributed by atoms with Crippen molar-refractivity contribution in [1.82, 2.24) is 9.78 Å². The van der Waals surface area contributed by atoms with Crippen LogP contribution >= 0.6 is 0 Å². The maximum Gasteiger partial charge on any atom is 0.157 e. The van der Waals surface area contributed by atoms with Gasteiger partial charge in [0, 0.05) is 19.2 Å². The molecule has 0 saturated heterocycles. The predicted octanol–water partition coefficient (Wildman–Crippen LogP) is 1.68. The van der Waals surface area contributed by atoms with E-state index in [1.165, 1.54) is 6.42 Å². The first-order valence-corrected chi connectivity index (χ1v) is 6.47. The third-order valence-electron chi connectivity index (χ3n) is 3.68. The molecule has 2 N–H and O–H groups in total. The highest BCUT2D eigenvalue weighted by Crippen LogP contribution is 2.27. The number of Topliss-reactive ketones (excluding diaryl/α,β-unsaturated/α-hetero) is 1. The minimum Gasteiger partial charge on any atom is -0.319 e. The van der Waals surface area contributed by atoms with Crippen molar-refractivity contribution in [3.05, 3.63) is 18.0 Å². The summed E-state index contributed by atoms with van der Waals surface area (Å²) in [6, 6.07) is 0. The molecule has 4 heteroatoms. The summed E-state index contributed by atoms with van der Waals surface area (Å²) in [7, 11) is 0. The van der Waals surface area contributed by atoms with Crippen LogP contribution in [0.25, 0.3) is 0 Å². The fourth-order valence-electron chi connectivity index (χ4n) is 2.49. The van der Waals surface area contributed by atoms with Gasteiger partial charge in [-0.1, -0.05) is 19.3 Å². The van der Waals surface area contributed by atoms with Gasteiger partial charge in [-0.05, 0) is 25.3 Å². The standard InChI is InChI=1S/C13H21N3O/c1-2-16-10-11(9-15-16)8-12(17)13(14)6-4-3-5-7-13/h9-10H,2-8,14H2,1H3. The normalized spacial score (nSPS) is 19.2. The molecule has 1 aromatic heterocycles. The van der Waals surface area contributed by atoms with Gasteiger partial charge in [-0.15, -0.1) is 0 Å². The van der Waals surface area contributed by atoms with Gasteiger partial charge in [0.05, 0.1) is 11.7 Å². The Morgan fingerprint density at radius 1 is 1.47 bits per heavy atom. The van der Waals surface area contributed by atoms with Crippen LogP contribution in [0, 0.1) is 0 Å². The molecule has 2 rings (SSSR count). The van der Waals surface area contributed by atoms with E-state index in [1.807, 2.05) is 17.8 Å². The first kappa shape index (κ1) is 12.3. The number of carbonyl (C=O) groups is 1. The lowest BCUT2D eigenvalue weighted by Gasteiger charge is -2.31. The molecule has 0 unspecified atom stereocenters. The molecular weight excluding hydrogens is 214 g/mol. The quantitative estimate of drug-likeness (QED) is 0.863. The molecule has 1 aliphatic carbocycles. The number of ketones is 1. The number of rotatable bonds is 4. The summed E-state index contributed by atoms with van der Waals surface area (Å²) in [6.07, 6.45) is 9.18. The number of aromatic nitrogens is 2. The van der Waals surface area contributed by atoms with Crippen LogP contribution in [0.4, 0.5) is 0 Å². The lowest BCUT2D eigenvalue weighted by Crippen LogP contribution is -2.50. The van der Waals surface area contributed by atoms with Crippen molar-refractivity contribution in [3.63, 3.8) is 0 Å². The number of aryl methyl sites for hydroxylation is 1. The van der Waals surface area contributed by atoms with Crippen molar-refractivity contribution in [2.75, 3.05) is 0 Å². The summed E-state index contributed by atoms with van der Waals surface area (Å²) < 4.78 is 1.84. The molecule has 0 atom stereocenters. The van der Waals surface area contributed by atoms with Crippen molar-refractivity contribution in [2.45, 2.75) is 57.5 Å². The molecule has 0 amide bonds. The van der Waals surface area contributed by atoms with Crippen molar-refractivity contribution in [2.24, 2.45) is 5.73 Å². The van der Waals surface area contributed by atoms with Crippen LogP contribution < -0.4 is 5.73 Å². The molecule has 0 spiro atoms. The Kier molecular flexibility index (Phi) is 3.62. The van der Waals surface area contributed by atoms with Gasteiger partial charge >= 0.3 is 0 Å². The lowest BCUT2D eigenvalue weighted by molar-refractivity contribution is -0.124. The third kappa shape index (κ3) is 2.75. The smallest absolute Gasteiger partial charge is 0.157 e. The fourth-order valence-corrected chi connectivity index (χ4v) is 2.49. The lowest BCUT2D eigenvalue weighted by atomic mass is 9.78. The second-order valence-electron chi connectivity index (χ2n) is 5.02. The molecule has 0 radical (unpaired) electrons. The summed E-state index contributed by atoms with van der Waals surface area (Å²) in [5.41, 5.74) is 6.62. The summed E-state index contributed by atoms with van der Waals surface area (Å²) in [4.78, 5) is 12.2. The fraction of sp³-hybridized carbons (Fsp3) is 0.692. The Bertz CT molecular complexity index is 391. The second kappa shape index (κ2) is 5.00. The van der Waals surface area contributed by atoms with Crippen LogP contribution in [-0.2, 0) is 17.8 Å². The molecule has 1 fully saturated rings. The van der Waals surface area contributed by atoms with Gasteiger partial charge in [-0.2, -0.15) is 5.10 Å². The molecule has 4 nitrogen and oxygen atoms in total. The molecule has 1 heterocycles. The summed E-state index contributed by atoms with van der Waals surface area (Å²) >= 11 is 0. The summed E-state index contributed by atoms with van der Waals surface area (Å²) in [5, 5.41) is 4.18. The van der Waals surface area contributed by atoms with Crippen LogP contribution in [0.3, 0.4) is 0 Å². The Morgan fingerprint density at radius 3 is 2.76 bits per heavy atom. The Morgan fingerprint density at radius 2 is 2.18 bits per heavy atom. The topological polar surface area (TPSA) is 60.9 Å². The van der Waals surface area contributed by atoms with E-state index in [4.69, 9.17) is 5.73 Å². The molecule has 0 aromatic carbocycles. The number of hydrogen-bond donors (Lipinski definition) is 1. The van der Waals surface area contributed by atoms with E-state index in [9.17, 15) is 4.79 Å². The van der Waals surface area contributed by atoms with Gasteiger partial charge < -0.3 is 5.73 Å². The van der Waals surface area contributed by atoms with E-state index >= 15 is 0 Å². The maximum absolute atomic E-state index is 12.2. The van der Waals surface area contributed by atoms with E-state index in [0.717, 1.165) is 37.8 Å². The third-order valence-corrected chi connectivity index (χ3v) is 3.68. The monoisotopic (exact) mass is 235 g/mol. The van der Waals surface area contributed by atoms with Gasteiger partial charge in [0.25, 0.3) is 0 Å². The highest BCUT2D eigenvalue weighted by Gasteiger charge is 2.34. The number of nitrogens with zero attached hydrogens (tertiary/aromatic N) is 2. The molecular formula is C13H21N3O. The zero-order valence-electron chi connectivity index (χ0n) is 10.5. The molecule has 1 saturated carbocycles. The summed E-state index contributed by atoms with van der Waals surface area (Å²) in [6.45, 7) is 2.87. The van der Waals surface area contributed by atoms with Gasteiger partial charge in [0.2, 0.25) is 0 Å². The van der Waals surface area contributed by atoms with Crippen LogP contribution in [0.5, 0.6) is 0 Å². The van der Waals surface area contributed by atoms with Crippen molar-refractivity contribution in [1.29, 1.82) is 0 Å². The SMILES string of the molecule is CCn1cc(CC(=O)C2(N)CCCCC2)cn1. The van der Waals surface area contributed by atoms with E-state index in [2.05, 4.69) is 5.10 Å². The minimum absolute atomic E-state index is 0.174. The first-order valence-electron chi connectivity index (χ1n) is 6.47. The van der Waals surface area contributed by atoms with Crippen LogP contribution in [0.2, 0.25) is 0 Å². The largest absolute Gasteiger partial charge is 0.319 e. The Hall–Kier alpha value is -1.16. The number of hydrogen-bond acceptors (Lipinski definition) is 3. The average molecular weight is 235 g/mol. The number of carbonyl (C=O) groups excluding carboxylic acids is 1. The number of nitrogens with two attached hydrogens (primary N) is 1. The predicted molar refractivity (Wildman–Crippen MR) is 66.6 cm³/mol. The Labute approximate surface area is 102 Å². The van der Waals surface area contributed by atoms with Crippen molar-refractivity contribution < 1.29 is 4.79 Å². The zero-order chi connectivity index (χ0) is 12.3. The van der Waals surface area contributed by atoms with E-state index in [-0.39, 0.29) is 5.78 Å². The van der Waals surface area contributed by atoms with Crippen LogP contribution in [0.15, 0.2) is 12.4 Å². The maximum atomic E-state index is 12.2. The summed E-state index contributed by atoms with van der Waals surface area (Å²) in [5.74, 6) is 0.174. The first-order chi connectivity index (χ1) is 8.14. The van der Waals surface area contributed by atoms with Gasteiger partial charge in [-0.3, -0.25) is 9.48 Å². The minimum atomic E-state index is -0.577. The van der Waals surface area contributed by atoms with Crippen LogP contribution in [-0.4, -0.2) is 21.1 Å². The molecule has 1 aliphatic rings. The van der Waals surface area contributed by atoms with E-state index in [0.29, 0.717) is 6.42 Å². The molecule has 1 aromatic rings. The average Bonchev–Trinajstić information content (AvgIpc) is 2.78. The van der Waals surface area contributed by atoms with Crippen molar-refractivity contribution in [3.8, 4) is 0 Å². The molecule has 0 aliphatic heterocycles. The van der Waals surface area contributed by atoms with Gasteiger partial charge in [-0.25, -0.2) is 0 Å². The Balaban J connectivity index is 2.00.